The van der Waals surface area contributed by atoms with Gasteiger partial charge in [0, 0.05) is 35.5 Å². The Morgan fingerprint density at radius 3 is 2.36 bits per heavy atom. The molecule has 230 valence electrons. The zero-order valence-corrected chi connectivity index (χ0v) is 25.6. The van der Waals surface area contributed by atoms with Crippen molar-refractivity contribution in [3.8, 4) is 0 Å². The zero-order valence-electron chi connectivity index (χ0n) is 24.7. The number of fused-ring (bicyclic) bond motifs is 1. The lowest BCUT2D eigenvalue weighted by atomic mass is 9.97. The zero-order chi connectivity index (χ0) is 31.4. The molecule has 3 amide bonds. The molecule has 12 nitrogen and oxygen atoms in total. The number of carbonyl (C=O) groups excluding carboxylic acids is 5. The number of carbonyl (C=O) groups is 5. The van der Waals surface area contributed by atoms with Crippen LogP contribution in [0.4, 0.5) is 0 Å². The summed E-state index contributed by atoms with van der Waals surface area (Å²) in [5.41, 5.74) is -0.931. The van der Waals surface area contributed by atoms with Crippen LogP contribution in [-0.2, 0) is 18.9 Å². The number of hydrogen-bond acceptors (Lipinski definition) is 6. The molecule has 0 radical (unpaired) electrons. The first kappa shape index (κ1) is 33.2. The average molecular weight is 605 g/mol. The number of H-pyrrole nitrogens is 1. The van der Waals surface area contributed by atoms with Crippen molar-refractivity contribution in [2.24, 2.45) is 11.8 Å². The van der Waals surface area contributed by atoms with E-state index in [4.69, 9.17) is 0 Å². The van der Waals surface area contributed by atoms with Gasteiger partial charge in [-0.1, -0.05) is 27.7 Å². The third-order valence-corrected chi connectivity index (χ3v) is 8.25. The number of likely N-dealkylation sites (tertiary alicyclic amines) is 1. The predicted molar refractivity (Wildman–Crippen MR) is 157 cm³/mol. The lowest BCUT2D eigenvalue weighted by molar-refractivity contribution is -0.140. The maximum absolute atomic E-state index is 13.7. The highest BCUT2D eigenvalue weighted by atomic mass is 31.2. The first-order valence-corrected chi connectivity index (χ1v) is 15.8. The fourth-order valence-corrected chi connectivity index (χ4v) is 5.67. The molecule has 0 aliphatic carbocycles. The Morgan fingerprint density at radius 2 is 1.76 bits per heavy atom. The van der Waals surface area contributed by atoms with Crippen LogP contribution in [-0.4, -0.2) is 73.4 Å². The number of ketones is 1. The minimum atomic E-state index is -4.97. The number of aromatic amines is 1. The van der Waals surface area contributed by atoms with E-state index in [1.807, 2.05) is 27.7 Å². The van der Waals surface area contributed by atoms with E-state index in [-0.39, 0.29) is 46.7 Å². The highest BCUT2D eigenvalue weighted by molar-refractivity contribution is 7.70. The second-order valence-corrected chi connectivity index (χ2v) is 13.3. The highest BCUT2D eigenvalue weighted by Crippen LogP contribution is 2.39. The summed E-state index contributed by atoms with van der Waals surface area (Å²) in [6.45, 7) is 9.68. The molecule has 1 saturated heterocycles. The normalized spacial score (nSPS) is 17.0. The second kappa shape index (κ2) is 13.8. The van der Waals surface area contributed by atoms with Crippen molar-refractivity contribution in [3.05, 3.63) is 35.5 Å². The van der Waals surface area contributed by atoms with E-state index in [1.165, 1.54) is 36.1 Å². The topological polar surface area (TPSA) is 186 Å². The van der Waals surface area contributed by atoms with E-state index in [9.17, 15) is 38.3 Å². The van der Waals surface area contributed by atoms with Crippen LogP contribution in [0.1, 0.15) is 87.6 Å². The Hall–Kier alpha value is -3.34. The van der Waals surface area contributed by atoms with Crippen LogP contribution >= 0.6 is 7.60 Å². The lowest BCUT2D eigenvalue weighted by Gasteiger charge is -2.31. The molecule has 0 spiro atoms. The Bertz CT molecular complexity index is 1400. The molecular formula is C29H41N4O8P. The largest absolute Gasteiger partial charge is 0.396 e. The van der Waals surface area contributed by atoms with E-state index in [2.05, 4.69) is 15.6 Å². The van der Waals surface area contributed by atoms with Gasteiger partial charge in [-0.25, -0.2) is 0 Å². The Kier molecular flexibility index (Phi) is 10.9. The van der Waals surface area contributed by atoms with Crippen molar-refractivity contribution in [1.29, 1.82) is 0 Å². The maximum atomic E-state index is 13.7. The van der Waals surface area contributed by atoms with Gasteiger partial charge in [-0.05, 0) is 68.7 Å². The fraction of sp³-hybridized carbons (Fsp3) is 0.552. The molecule has 1 aliphatic rings. The number of Topliss-reactive ketones (excluding diaryl/α,β-unsaturated/α-hetero) is 1. The summed E-state index contributed by atoms with van der Waals surface area (Å²) >= 11 is 0. The predicted octanol–water partition coefficient (Wildman–Crippen LogP) is 3.13. The van der Waals surface area contributed by atoms with Crippen LogP contribution in [0.2, 0.25) is 0 Å². The Morgan fingerprint density at radius 1 is 1.07 bits per heavy atom. The molecule has 2 aromatic rings. The number of benzene rings is 1. The van der Waals surface area contributed by atoms with Gasteiger partial charge < -0.3 is 35.1 Å². The molecular weight excluding hydrogens is 563 g/mol. The van der Waals surface area contributed by atoms with E-state index >= 15 is 0 Å². The molecule has 5 N–H and O–H groups in total. The summed E-state index contributed by atoms with van der Waals surface area (Å²) in [6, 6.07) is 3.65. The van der Waals surface area contributed by atoms with Crippen molar-refractivity contribution < 1.29 is 38.3 Å². The number of amides is 3. The average Bonchev–Trinajstić information content (AvgIpc) is 3.55. The van der Waals surface area contributed by atoms with Gasteiger partial charge in [0.1, 0.15) is 23.6 Å². The Balaban J connectivity index is 1.77. The summed E-state index contributed by atoms with van der Waals surface area (Å²) < 4.78 is 11.4. The molecule has 0 bridgehead atoms. The molecule has 1 fully saturated rings. The summed E-state index contributed by atoms with van der Waals surface area (Å²) in [7, 11) is -4.97. The van der Waals surface area contributed by atoms with E-state index in [1.54, 1.807) is 0 Å². The van der Waals surface area contributed by atoms with Crippen molar-refractivity contribution in [2.45, 2.75) is 84.8 Å². The van der Waals surface area contributed by atoms with Crippen LogP contribution in [0, 0.1) is 11.8 Å². The minimum Gasteiger partial charge on any atom is -0.351 e. The summed E-state index contributed by atoms with van der Waals surface area (Å²) in [4.78, 5) is 86.6. The second-order valence-electron chi connectivity index (χ2n) is 11.8. The number of rotatable bonds is 13. The van der Waals surface area contributed by atoms with E-state index < -0.39 is 31.1 Å². The number of hydrogen-bond donors (Lipinski definition) is 5. The van der Waals surface area contributed by atoms with Gasteiger partial charge in [0.15, 0.2) is 0 Å². The molecule has 1 aliphatic heterocycles. The quantitative estimate of drug-likeness (QED) is 0.216. The maximum Gasteiger partial charge on any atom is 0.396 e. The summed E-state index contributed by atoms with van der Waals surface area (Å²) in [5, 5.41) is 6.22. The van der Waals surface area contributed by atoms with Crippen molar-refractivity contribution in [2.75, 3.05) is 6.54 Å². The van der Waals surface area contributed by atoms with Gasteiger partial charge in [0.2, 0.25) is 11.8 Å². The Labute approximate surface area is 245 Å². The fourth-order valence-electron chi connectivity index (χ4n) is 5.20. The first-order valence-electron chi connectivity index (χ1n) is 14.2. The van der Waals surface area contributed by atoms with Crippen LogP contribution in [0.5, 0.6) is 0 Å². The molecule has 0 unspecified atom stereocenters. The monoisotopic (exact) mass is 604 g/mol. The third kappa shape index (κ3) is 8.36. The number of nitrogens with zero attached hydrogens (tertiary/aromatic N) is 1. The van der Waals surface area contributed by atoms with Gasteiger partial charge >= 0.3 is 7.60 Å². The van der Waals surface area contributed by atoms with Gasteiger partial charge in [-0.15, -0.1) is 0 Å². The lowest BCUT2D eigenvalue weighted by Crippen LogP contribution is -2.55. The summed E-state index contributed by atoms with van der Waals surface area (Å²) in [5.74, 6) is -0.995. The molecule has 3 rings (SSSR count). The molecule has 13 heteroatoms. The molecule has 1 aromatic carbocycles. The SMILES string of the molecule is CC(=O)CC[C@H](NC(=O)[C@@H]1CCCN1C(=O)[C@H](CC(C)C)NC(=O)c1cc2cc(C(=O)P(=O)(O)O)ccc2[nH]1)C(C)C. The number of nitrogens with one attached hydrogen (secondary N) is 3. The van der Waals surface area contributed by atoms with Crippen LogP contribution in [0.15, 0.2) is 24.3 Å². The van der Waals surface area contributed by atoms with Gasteiger partial charge in [-0.2, -0.15) is 0 Å². The molecule has 42 heavy (non-hydrogen) atoms. The highest BCUT2D eigenvalue weighted by Gasteiger charge is 2.39. The summed E-state index contributed by atoms with van der Waals surface area (Å²) in [6.07, 6.45) is 2.35. The standard InChI is InChI=1S/C29H41N4O8P/c1-16(2)13-24(28(37)33-12-6-7-25(33)27(36)31-21(17(3)4)10-8-18(5)34)32-26(35)23-15-20-14-19(9-11-22(20)30-23)29(38)42(39,40)41/h9,11,14-17,21,24-25,30H,6-8,10,12-13H2,1-5H3,(H,31,36)(H,32,35)(H2,39,40,41)/t21-,24-,25-/m0/s1. The molecule has 1 aromatic heterocycles. The van der Waals surface area contributed by atoms with E-state index in [0.29, 0.717) is 49.6 Å². The first-order chi connectivity index (χ1) is 19.6. The van der Waals surface area contributed by atoms with Crippen molar-refractivity contribution >= 4 is 47.5 Å². The molecule has 2 heterocycles. The van der Waals surface area contributed by atoms with Crippen LogP contribution in [0.3, 0.4) is 0 Å². The molecule has 3 atom stereocenters. The smallest absolute Gasteiger partial charge is 0.351 e. The number of aromatic nitrogens is 1. The van der Waals surface area contributed by atoms with Gasteiger partial charge in [0.05, 0.1) is 0 Å². The minimum absolute atomic E-state index is 0.0462. The van der Waals surface area contributed by atoms with Crippen molar-refractivity contribution in [1.82, 2.24) is 20.5 Å². The van der Waals surface area contributed by atoms with Gasteiger partial charge in [-0.3, -0.25) is 23.7 Å². The van der Waals surface area contributed by atoms with Crippen molar-refractivity contribution in [3.63, 3.8) is 0 Å². The van der Waals surface area contributed by atoms with Crippen LogP contribution < -0.4 is 10.6 Å². The van der Waals surface area contributed by atoms with Gasteiger partial charge in [0.25, 0.3) is 11.4 Å². The molecule has 0 saturated carbocycles. The van der Waals surface area contributed by atoms with E-state index in [0.717, 1.165) is 0 Å². The van der Waals surface area contributed by atoms with Crippen LogP contribution in [0.25, 0.3) is 10.9 Å². The third-order valence-electron chi connectivity index (χ3n) is 7.47.